The number of nitrogens with zero attached hydrogens (tertiary/aromatic N) is 3. The summed E-state index contributed by atoms with van der Waals surface area (Å²) in [6, 6.07) is 12.3. The van der Waals surface area contributed by atoms with E-state index in [-0.39, 0.29) is 18.9 Å². The van der Waals surface area contributed by atoms with E-state index in [0.717, 1.165) is 51.7 Å². The number of carbonyl (C=O) groups excluding carboxylic acids is 1. The summed E-state index contributed by atoms with van der Waals surface area (Å²) in [6.45, 7) is 11.1. The Morgan fingerprint density at radius 2 is 1.89 bits per heavy atom. The number of likely N-dealkylation sites (tertiary alicyclic amines) is 1. The summed E-state index contributed by atoms with van der Waals surface area (Å²) in [5.41, 5.74) is 3.31. The first-order valence-electron chi connectivity index (χ1n) is 12.4. The van der Waals surface area contributed by atoms with Crippen LogP contribution in [0.5, 0.6) is 5.75 Å². The van der Waals surface area contributed by atoms with Crippen molar-refractivity contribution in [2.75, 3.05) is 32.3 Å². The number of ether oxygens (including phenoxy) is 3. The van der Waals surface area contributed by atoms with Crippen LogP contribution in [0, 0.1) is 13.8 Å². The van der Waals surface area contributed by atoms with Crippen LogP contribution >= 0.6 is 0 Å². The molecule has 0 radical (unpaired) electrons. The molecule has 1 aliphatic rings. The van der Waals surface area contributed by atoms with Gasteiger partial charge in [0.2, 0.25) is 0 Å². The van der Waals surface area contributed by atoms with Crippen molar-refractivity contribution in [3.05, 3.63) is 47.5 Å². The molecule has 0 bridgehead atoms. The number of amides is 1. The molecule has 0 unspecified atom stereocenters. The highest BCUT2D eigenvalue weighted by molar-refractivity contribution is 6.01. The van der Waals surface area contributed by atoms with Crippen molar-refractivity contribution in [2.45, 2.75) is 59.1 Å². The van der Waals surface area contributed by atoms with Crippen molar-refractivity contribution in [2.24, 2.45) is 0 Å². The van der Waals surface area contributed by atoms with Gasteiger partial charge < -0.3 is 24.4 Å². The van der Waals surface area contributed by atoms with Crippen molar-refractivity contribution in [1.82, 2.24) is 15.1 Å². The maximum Gasteiger partial charge on any atom is 0.410 e. The second-order valence-electron chi connectivity index (χ2n) is 10.4. The number of rotatable bonds is 6. The van der Waals surface area contributed by atoms with E-state index >= 15 is 0 Å². The molecule has 192 valence electrons. The topological polar surface area (TPSA) is 85.8 Å². The molecule has 1 atom stereocenters. The van der Waals surface area contributed by atoms with E-state index in [9.17, 15) is 4.79 Å². The fourth-order valence-corrected chi connectivity index (χ4v) is 4.64. The zero-order valence-corrected chi connectivity index (χ0v) is 22.1. The maximum absolute atomic E-state index is 12.6. The quantitative estimate of drug-likeness (QED) is 0.441. The van der Waals surface area contributed by atoms with E-state index in [1.54, 1.807) is 12.0 Å². The molecule has 1 saturated heterocycles. The maximum atomic E-state index is 12.6. The number of hydrogen-bond acceptors (Lipinski definition) is 7. The Hall–Kier alpha value is -3.39. The molecule has 8 heteroatoms. The largest absolute Gasteiger partial charge is 0.467 e. The lowest BCUT2D eigenvalue weighted by Crippen LogP contribution is -2.47. The standard InChI is InChI=1S/C28H36N4O4/c1-18-14-19(2)24(23(15-18)35-17-34-6)25-21-11-7-8-12-22(21)26(31-30-25)29-20-10-9-13-32(16-20)27(33)36-28(3,4)5/h7-8,11-12,14-15,20H,9-10,13,16-17H2,1-6H3,(H,29,31)/t20-/m1/s1. The summed E-state index contributed by atoms with van der Waals surface area (Å²) >= 11 is 0. The molecule has 3 aromatic rings. The zero-order valence-electron chi connectivity index (χ0n) is 22.1. The molecule has 2 aromatic carbocycles. The molecule has 2 heterocycles. The van der Waals surface area contributed by atoms with Gasteiger partial charge in [0, 0.05) is 42.6 Å². The van der Waals surface area contributed by atoms with Crippen LogP contribution in [0.1, 0.15) is 44.7 Å². The number of benzene rings is 2. The molecule has 1 fully saturated rings. The average Bonchev–Trinajstić information content (AvgIpc) is 2.82. The molecular formula is C28H36N4O4. The highest BCUT2D eigenvalue weighted by Crippen LogP contribution is 2.38. The monoisotopic (exact) mass is 492 g/mol. The number of aryl methyl sites for hydroxylation is 2. The smallest absolute Gasteiger partial charge is 0.410 e. The molecule has 36 heavy (non-hydrogen) atoms. The molecule has 8 nitrogen and oxygen atoms in total. The van der Waals surface area contributed by atoms with Crippen molar-refractivity contribution in [3.63, 3.8) is 0 Å². The lowest BCUT2D eigenvalue weighted by molar-refractivity contribution is 0.0206. The van der Waals surface area contributed by atoms with E-state index in [0.29, 0.717) is 18.9 Å². The lowest BCUT2D eigenvalue weighted by atomic mass is 9.97. The van der Waals surface area contributed by atoms with E-state index in [2.05, 4.69) is 34.6 Å². The van der Waals surface area contributed by atoms with Gasteiger partial charge in [0.15, 0.2) is 12.6 Å². The van der Waals surface area contributed by atoms with E-state index in [4.69, 9.17) is 14.2 Å². The number of methoxy groups -OCH3 is 1. The zero-order chi connectivity index (χ0) is 25.9. The third-order valence-corrected chi connectivity index (χ3v) is 6.11. The third-order valence-electron chi connectivity index (χ3n) is 6.11. The van der Waals surface area contributed by atoms with E-state index in [1.807, 2.05) is 52.0 Å². The molecule has 0 saturated carbocycles. The number of hydrogen-bond donors (Lipinski definition) is 1. The van der Waals surface area contributed by atoms with Gasteiger partial charge in [-0.25, -0.2) is 4.79 Å². The lowest BCUT2D eigenvalue weighted by Gasteiger charge is -2.34. The second kappa shape index (κ2) is 10.7. The van der Waals surface area contributed by atoms with Gasteiger partial charge >= 0.3 is 6.09 Å². The van der Waals surface area contributed by atoms with Crippen LogP contribution in [0.15, 0.2) is 36.4 Å². The molecule has 1 aliphatic heterocycles. The summed E-state index contributed by atoms with van der Waals surface area (Å²) in [5, 5.41) is 14.8. The van der Waals surface area contributed by atoms with Gasteiger partial charge in [-0.05, 0) is 64.7 Å². The summed E-state index contributed by atoms with van der Waals surface area (Å²) in [7, 11) is 1.60. The minimum absolute atomic E-state index is 0.0523. The summed E-state index contributed by atoms with van der Waals surface area (Å²) in [4.78, 5) is 14.4. The van der Waals surface area contributed by atoms with Crippen molar-refractivity contribution in [1.29, 1.82) is 0 Å². The van der Waals surface area contributed by atoms with Crippen LogP contribution in [0.25, 0.3) is 22.0 Å². The Bertz CT molecular complexity index is 1240. The SMILES string of the molecule is COCOc1cc(C)cc(C)c1-c1nnc(N[C@@H]2CCCN(C(=O)OC(C)(C)C)C2)c2ccccc12. The Morgan fingerprint density at radius 1 is 1.14 bits per heavy atom. The van der Waals surface area contributed by atoms with Gasteiger partial charge in [-0.15, -0.1) is 10.2 Å². The van der Waals surface area contributed by atoms with Gasteiger partial charge in [0.05, 0.1) is 0 Å². The number of fused-ring (bicyclic) bond motifs is 1. The Morgan fingerprint density at radius 3 is 2.61 bits per heavy atom. The molecule has 1 aromatic heterocycles. The molecular weight excluding hydrogens is 456 g/mol. The summed E-state index contributed by atoms with van der Waals surface area (Å²) in [6.07, 6.45) is 1.55. The molecule has 0 aliphatic carbocycles. The van der Waals surface area contributed by atoms with Crippen LogP contribution in [0.2, 0.25) is 0 Å². The van der Waals surface area contributed by atoms with Crippen LogP contribution in [0.4, 0.5) is 10.6 Å². The number of aromatic nitrogens is 2. The Kier molecular flexibility index (Phi) is 7.64. The fraction of sp³-hybridized carbons (Fsp3) is 0.464. The van der Waals surface area contributed by atoms with Gasteiger partial charge in [0.25, 0.3) is 0 Å². The van der Waals surface area contributed by atoms with Gasteiger partial charge in [-0.2, -0.15) is 0 Å². The Balaban J connectivity index is 1.65. The highest BCUT2D eigenvalue weighted by atomic mass is 16.7. The van der Waals surface area contributed by atoms with Crippen LogP contribution in [-0.4, -0.2) is 59.8 Å². The van der Waals surface area contributed by atoms with E-state index in [1.165, 1.54) is 0 Å². The average molecular weight is 493 g/mol. The predicted octanol–water partition coefficient (Wildman–Crippen LogP) is 5.71. The Labute approximate surface area is 212 Å². The number of carbonyl (C=O) groups is 1. The van der Waals surface area contributed by atoms with Crippen molar-refractivity contribution < 1.29 is 19.0 Å². The van der Waals surface area contributed by atoms with Crippen LogP contribution in [0.3, 0.4) is 0 Å². The minimum atomic E-state index is -0.519. The normalized spacial score (nSPS) is 16.2. The first-order chi connectivity index (χ1) is 17.2. The first kappa shape index (κ1) is 25.7. The first-order valence-corrected chi connectivity index (χ1v) is 12.4. The molecule has 1 N–H and O–H groups in total. The molecule has 0 spiro atoms. The molecule has 4 rings (SSSR count). The second-order valence-corrected chi connectivity index (χ2v) is 10.4. The predicted molar refractivity (Wildman–Crippen MR) is 141 cm³/mol. The summed E-state index contributed by atoms with van der Waals surface area (Å²) < 4.78 is 16.7. The van der Waals surface area contributed by atoms with Crippen molar-refractivity contribution >= 4 is 22.7 Å². The molecule has 1 amide bonds. The van der Waals surface area contributed by atoms with Gasteiger partial charge in [0.1, 0.15) is 17.0 Å². The van der Waals surface area contributed by atoms with Crippen molar-refractivity contribution in [3.8, 4) is 17.0 Å². The number of anilines is 1. The van der Waals surface area contributed by atoms with Gasteiger partial charge in [-0.3, -0.25) is 0 Å². The highest BCUT2D eigenvalue weighted by Gasteiger charge is 2.28. The summed E-state index contributed by atoms with van der Waals surface area (Å²) in [5.74, 6) is 1.42. The van der Waals surface area contributed by atoms with Crippen LogP contribution < -0.4 is 10.1 Å². The minimum Gasteiger partial charge on any atom is -0.467 e. The van der Waals surface area contributed by atoms with E-state index < -0.39 is 5.60 Å². The number of nitrogens with one attached hydrogen (secondary N) is 1. The fourth-order valence-electron chi connectivity index (χ4n) is 4.64. The van der Waals surface area contributed by atoms with Crippen LogP contribution in [-0.2, 0) is 9.47 Å². The number of piperidine rings is 1. The third kappa shape index (κ3) is 5.87. The van der Waals surface area contributed by atoms with Gasteiger partial charge in [-0.1, -0.05) is 30.3 Å².